The van der Waals surface area contributed by atoms with E-state index in [9.17, 15) is 9.18 Å². The Morgan fingerprint density at radius 3 is 2.70 bits per heavy atom. The van der Waals surface area contributed by atoms with Gasteiger partial charge in [-0.1, -0.05) is 12.1 Å². The van der Waals surface area contributed by atoms with E-state index in [0.717, 1.165) is 22.6 Å². The fraction of sp³-hybridized carbons (Fsp3) is 0.381. The van der Waals surface area contributed by atoms with Crippen molar-refractivity contribution in [3.63, 3.8) is 0 Å². The van der Waals surface area contributed by atoms with E-state index in [-0.39, 0.29) is 42.2 Å². The molecule has 0 aliphatic heterocycles. The van der Waals surface area contributed by atoms with Gasteiger partial charge in [0, 0.05) is 51.2 Å². The first kappa shape index (κ1) is 26.2. The van der Waals surface area contributed by atoms with Crippen molar-refractivity contribution in [1.82, 2.24) is 20.5 Å². The van der Waals surface area contributed by atoms with Crippen molar-refractivity contribution in [1.29, 1.82) is 0 Å². The lowest BCUT2D eigenvalue weighted by Gasteiger charge is -2.19. The lowest BCUT2D eigenvalue weighted by Crippen LogP contribution is -2.43. The summed E-state index contributed by atoms with van der Waals surface area (Å²) in [4.78, 5) is 22.4. The molecule has 2 aromatic rings. The van der Waals surface area contributed by atoms with Crippen LogP contribution in [-0.2, 0) is 23.5 Å². The van der Waals surface area contributed by atoms with Crippen LogP contribution >= 0.6 is 35.7 Å². The molecule has 0 unspecified atom stereocenters. The molecule has 30 heavy (non-hydrogen) atoms. The number of rotatable bonds is 9. The molecule has 0 spiro atoms. The predicted octanol–water partition coefficient (Wildman–Crippen LogP) is 3.07. The number of aliphatic imine (C=N–C) groups is 1. The molecule has 0 saturated carbocycles. The van der Waals surface area contributed by atoms with Gasteiger partial charge < -0.3 is 15.5 Å². The van der Waals surface area contributed by atoms with Crippen LogP contribution in [-0.4, -0.2) is 55.2 Å². The highest BCUT2D eigenvalue weighted by Gasteiger charge is 2.11. The summed E-state index contributed by atoms with van der Waals surface area (Å²) in [6, 6.07) is 10.5. The summed E-state index contributed by atoms with van der Waals surface area (Å²) in [6.07, 6.45) is 4.44. The Balaban J connectivity index is 0.00000450. The Kier molecular flexibility index (Phi) is 12.4. The monoisotopic (exact) mass is 545 g/mol. The highest BCUT2D eigenvalue weighted by molar-refractivity contribution is 14.0. The van der Waals surface area contributed by atoms with Gasteiger partial charge in [-0.15, -0.1) is 24.0 Å². The molecule has 0 bridgehead atoms. The van der Waals surface area contributed by atoms with E-state index in [2.05, 4.69) is 20.6 Å². The van der Waals surface area contributed by atoms with E-state index >= 15 is 0 Å². The van der Waals surface area contributed by atoms with Crippen LogP contribution in [0.1, 0.15) is 16.8 Å². The van der Waals surface area contributed by atoms with E-state index in [1.54, 1.807) is 49.1 Å². The molecular formula is C21H29FIN5OS. The maximum atomic E-state index is 13.5. The lowest BCUT2D eigenvalue weighted by molar-refractivity contribution is -0.128. The number of carbonyl (C=O) groups is 1. The number of thioether (sulfide) groups is 1. The van der Waals surface area contributed by atoms with Crippen molar-refractivity contribution < 1.29 is 9.18 Å². The Labute approximate surface area is 199 Å². The van der Waals surface area contributed by atoms with Crippen LogP contribution in [0, 0.1) is 5.82 Å². The van der Waals surface area contributed by atoms with E-state index in [0.29, 0.717) is 25.5 Å². The summed E-state index contributed by atoms with van der Waals surface area (Å²) in [6.45, 7) is 1.23. The summed E-state index contributed by atoms with van der Waals surface area (Å²) in [5.41, 5.74) is 2.91. The van der Waals surface area contributed by atoms with Gasteiger partial charge in [-0.3, -0.25) is 14.8 Å². The number of nitrogens with zero attached hydrogens (tertiary/aromatic N) is 3. The number of amides is 1. The highest BCUT2D eigenvalue weighted by atomic mass is 127. The number of nitrogens with one attached hydrogen (secondary N) is 2. The Bertz CT molecular complexity index is 822. The molecule has 1 heterocycles. The molecule has 0 aliphatic carbocycles. The lowest BCUT2D eigenvalue weighted by atomic mass is 10.1. The van der Waals surface area contributed by atoms with Crippen molar-refractivity contribution in [2.24, 2.45) is 4.99 Å². The van der Waals surface area contributed by atoms with E-state index in [1.165, 1.54) is 6.07 Å². The molecule has 0 fully saturated rings. The zero-order chi connectivity index (χ0) is 21.1. The molecule has 0 aliphatic rings. The van der Waals surface area contributed by atoms with Gasteiger partial charge >= 0.3 is 0 Å². The van der Waals surface area contributed by atoms with E-state index < -0.39 is 0 Å². The Morgan fingerprint density at radius 2 is 2.03 bits per heavy atom. The number of benzene rings is 1. The molecule has 2 rings (SSSR count). The smallest absolute Gasteiger partial charge is 0.241 e. The molecule has 1 amide bonds. The summed E-state index contributed by atoms with van der Waals surface area (Å²) < 4.78 is 13.5. The third kappa shape index (κ3) is 8.86. The van der Waals surface area contributed by atoms with Gasteiger partial charge in [0.15, 0.2) is 5.96 Å². The fourth-order valence-electron chi connectivity index (χ4n) is 2.70. The number of likely N-dealkylation sites (N-methyl/N-ethyl adjacent to an activating group) is 1. The fourth-order valence-corrected chi connectivity index (χ4v) is 3.28. The normalized spacial score (nSPS) is 10.9. The minimum Gasteiger partial charge on any atom is -0.352 e. The number of halogens is 2. The molecule has 0 atom stereocenters. The summed E-state index contributed by atoms with van der Waals surface area (Å²) in [5, 5.41) is 6.22. The molecular weight excluding hydrogens is 516 g/mol. The van der Waals surface area contributed by atoms with Crippen molar-refractivity contribution in [2.75, 3.05) is 33.4 Å². The maximum Gasteiger partial charge on any atom is 0.241 e. The summed E-state index contributed by atoms with van der Waals surface area (Å²) in [7, 11) is 3.43. The number of hydrogen-bond acceptors (Lipinski definition) is 4. The van der Waals surface area contributed by atoms with Crippen LogP contribution in [0.25, 0.3) is 0 Å². The minimum absolute atomic E-state index is 0. The van der Waals surface area contributed by atoms with Crippen molar-refractivity contribution >= 4 is 47.6 Å². The van der Waals surface area contributed by atoms with Gasteiger partial charge in [0.1, 0.15) is 5.82 Å². The summed E-state index contributed by atoms with van der Waals surface area (Å²) in [5.74, 6) is 0.990. The molecule has 2 N–H and O–H groups in total. The second kappa shape index (κ2) is 14.2. The molecule has 6 nitrogen and oxygen atoms in total. The second-order valence-corrected chi connectivity index (χ2v) is 7.38. The van der Waals surface area contributed by atoms with Crippen LogP contribution in [0.2, 0.25) is 0 Å². The maximum absolute atomic E-state index is 13.5. The number of pyridine rings is 1. The second-order valence-electron chi connectivity index (χ2n) is 6.51. The number of aromatic nitrogens is 1. The third-order valence-corrected chi connectivity index (χ3v) is 5.00. The van der Waals surface area contributed by atoms with E-state index in [1.807, 2.05) is 24.5 Å². The van der Waals surface area contributed by atoms with Gasteiger partial charge in [0.25, 0.3) is 0 Å². The first-order chi connectivity index (χ1) is 14.0. The molecule has 0 saturated heterocycles. The summed E-state index contributed by atoms with van der Waals surface area (Å²) >= 11 is 1.64. The first-order valence-corrected chi connectivity index (χ1v) is 10.8. The molecule has 164 valence electrons. The van der Waals surface area contributed by atoms with Gasteiger partial charge in [-0.05, 0) is 41.6 Å². The molecule has 1 aromatic carbocycles. The quantitative estimate of drug-likeness (QED) is 0.288. The van der Waals surface area contributed by atoms with Crippen LogP contribution in [0.4, 0.5) is 4.39 Å². The Hall–Kier alpha value is -1.88. The largest absolute Gasteiger partial charge is 0.352 e. The minimum atomic E-state index is -0.236. The van der Waals surface area contributed by atoms with Crippen LogP contribution in [0.3, 0.4) is 0 Å². The Morgan fingerprint density at radius 1 is 1.23 bits per heavy atom. The number of guanidine groups is 1. The first-order valence-electron chi connectivity index (χ1n) is 9.38. The average Bonchev–Trinajstić information content (AvgIpc) is 2.74. The zero-order valence-corrected chi connectivity index (χ0v) is 20.7. The highest BCUT2D eigenvalue weighted by Crippen LogP contribution is 2.16. The van der Waals surface area contributed by atoms with Crippen molar-refractivity contribution in [3.8, 4) is 0 Å². The molecule has 1 aromatic heterocycles. The average molecular weight is 545 g/mol. The van der Waals surface area contributed by atoms with Gasteiger partial charge in [-0.25, -0.2) is 4.39 Å². The van der Waals surface area contributed by atoms with E-state index in [4.69, 9.17) is 0 Å². The standard InChI is InChI=1S/C21H28FN5OS.HI/c1-23-21(25-13-16-7-8-18(22)12-17(16)15-29-3)26-14-20(28)27(2)11-9-19-6-4-5-10-24-19;/h4-8,10,12H,9,11,13-15H2,1-3H3,(H2,23,25,26);1H. The SMILES string of the molecule is CN=C(NCC(=O)N(C)CCc1ccccn1)NCc1ccc(F)cc1CSC.I. The van der Waals surface area contributed by atoms with Crippen LogP contribution < -0.4 is 10.6 Å². The van der Waals surface area contributed by atoms with Crippen LogP contribution in [0.15, 0.2) is 47.6 Å². The number of carbonyl (C=O) groups excluding carboxylic acids is 1. The van der Waals surface area contributed by atoms with Crippen LogP contribution in [0.5, 0.6) is 0 Å². The molecule has 0 radical (unpaired) electrons. The van der Waals surface area contributed by atoms with Gasteiger partial charge in [0.2, 0.25) is 5.91 Å². The topological polar surface area (TPSA) is 69.6 Å². The van der Waals surface area contributed by atoms with Crippen molar-refractivity contribution in [2.45, 2.75) is 18.7 Å². The van der Waals surface area contributed by atoms with Crippen molar-refractivity contribution in [3.05, 3.63) is 65.2 Å². The zero-order valence-electron chi connectivity index (χ0n) is 17.5. The van der Waals surface area contributed by atoms with Gasteiger partial charge in [0.05, 0.1) is 6.54 Å². The molecule has 9 heteroatoms. The number of hydrogen-bond donors (Lipinski definition) is 2. The third-order valence-electron chi connectivity index (χ3n) is 4.40. The van der Waals surface area contributed by atoms with Gasteiger partial charge in [-0.2, -0.15) is 11.8 Å². The predicted molar refractivity (Wildman–Crippen MR) is 133 cm³/mol.